The lowest BCUT2D eigenvalue weighted by molar-refractivity contribution is -0.131. The smallest absolute Gasteiger partial charge is 0.235 e. The van der Waals surface area contributed by atoms with E-state index in [-0.39, 0.29) is 5.75 Å². The van der Waals surface area contributed by atoms with Crippen LogP contribution < -0.4 is 15.9 Å². The first-order chi connectivity index (χ1) is 14.4. The Labute approximate surface area is 174 Å². The lowest BCUT2D eigenvalue weighted by Gasteiger charge is -2.12. The van der Waals surface area contributed by atoms with Crippen molar-refractivity contribution >= 4 is 28.5 Å². The second-order valence-corrected chi connectivity index (χ2v) is 7.77. The van der Waals surface area contributed by atoms with Crippen molar-refractivity contribution in [3.8, 4) is 5.75 Å². The lowest BCUT2D eigenvalue weighted by atomic mass is 9.91. The number of aromatic hydroxyl groups is 1. The van der Waals surface area contributed by atoms with Gasteiger partial charge < -0.3 is 15.3 Å². The van der Waals surface area contributed by atoms with Crippen LogP contribution in [0.1, 0.15) is 18.4 Å². The first-order valence-electron chi connectivity index (χ1n) is 9.94. The monoisotopic (exact) mass is 404 g/mol. The van der Waals surface area contributed by atoms with Crippen LogP contribution in [0.3, 0.4) is 0 Å². The van der Waals surface area contributed by atoms with Crippen LogP contribution in [-0.2, 0) is 9.59 Å². The Hall–Kier alpha value is -3.16. The quantitative estimate of drug-likeness (QED) is 0.674. The van der Waals surface area contributed by atoms with Crippen molar-refractivity contribution in [2.45, 2.75) is 12.8 Å². The highest BCUT2D eigenvalue weighted by atomic mass is 16.3. The summed E-state index contributed by atoms with van der Waals surface area (Å²) in [6.45, 7) is 1.45. The molecule has 0 aromatic heterocycles. The summed E-state index contributed by atoms with van der Waals surface area (Å²) in [5, 5.41) is 15.5. The molecule has 1 aliphatic carbocycles. The Morgan fingerprint density at radius 1 is 1.13 bits per heavy atom. The summed E-state index contributed by atoms with van der Waals surface area (Å²) in [7, 11) is 5.83. The molecule has 4 rings (SSSR count). The van der Waals surface area contributed by atoms with Crippen LogP contribution in [0.5, 0.6) is 5.75 Å². The van der Waals surface area contributed by atoms with Crippen molar-refractivity contribution < 1.29 is 14.7 Å². The molecule has 0 fully saturated rings. The van der Waals surface area contributed by atoms with Gasteiger partial charge in [-0.1, -0.05) is 0 Å². The zero-order chi connectivity index (χ0) is 21.4. The van der Waals surface area contributed by atoms with Crippen molar-refractivity contribution in [1.82, 2.24) is 10.2 Å². The molecule has 0 radical (unpaired) electrons. The zero-order valence-corrected chi connectivity index (χ0v) is 17.3. The van der Waals surface area contributed by atoms with E-state index in [1.54, 1.807) is 18.3 Å². The minimum absolute atomic E-state index is 0.113. The molecule has 2 heterocycles. The number of fused-ring (bicyclic) bond motifs is 2. The molecule has 0 saturated carbocycles. The Bertz CT molecular complexity index is 1200. The summed E-state index contributed by atoms with van der Waals surface area (Å²) in [6, 6.07) is 3.65. The van der Waals surface area contributed by atoms with Crippen LogP contribution in [0, 0.1) is 0 Å². The number of aliphatic imine (C=N–C) groups is 1. The molecule has 30 heavy (non-hydrogen) atoms. The van der Waals surface area contributed by atoms with Crippen molar-refractivity contribution in [3.05, 3.63) is 57.8 Å². The molecular formula is C23H24N4O3. The third-order valence-electron chi connectivity index (χ3n) is 5.46. The number of benzene rings is 1. The SMILES string of the molecule is CNCCC1=C2C(=O)C(=O)C=CC2=NC1=c1ccc2c(c1O)C(CCN(C)C)=CN=2. The van der Waals surface area contributed by atoms with Gasteiger partial charge in [-0.25, -0.2) is 4.99 Å². The van der Waals surface area contributed by atoms with E-state index in [1.165, 1.54) is 6.08 Å². The summed E-state index contributed by atoms with van der Waals surface area (Å²) >= 11 is 0. The van der Waals surface area contributed by atoms with E-state index in [2.05, 4.69) is 20.2 Å². The molecule has 0 spiro atoms. The van der Waals surface area contributed by atoms with Crippen LogP contribution in [-0.4, -0.2) is 61.5 Å². The predicted molar refractivity (Wildman–Crippen MR) is 116 cm³/mol. The van der Waals surface area contributed by atoms with Gasteiger partial charge in [-0.15, -0.1) is 0 Å². The van der Waals surface area contributed by atoms with Crippen LogP contribution in [0.25, 0.3) is 11.3 Å². The number of rotatable bonds is 6. The van der Waals surface area contributed by atoms with Crippen LogP contribution in [0.2, 0.25) is 0 Å². The Kier molecular flexibility index (Phi) is 5.32. The summed E-state index contributed by atoms with van der Waals surface area (Å²) in [5.74, 6) is -0.973. The minimum Gasteiger partial charge on any atom is -0.507 e. The maximum atomic E-state index is 12.6. The Morgan fingerprint density at radius 3 is 2.67 bits per heavy atom. The first-order valence-corrected chi connectivity index (χ1v) is 9.94. The van der Waals surface area contributed by atoms with Gasteiger partial charge in [0.05, 0.1) is 22.3 Å². The van der Waals surface area contributed by atoms with Crippen LogP contribution >= 0.6 is 0 Å². The van der Waals surface area contributed by atoms with Gasteiger partial charge in [-0.05, 0) is 76.0 Å². The minimum atomic E-state index is -0.543. The molecule has 7 heteroatoms. The van der Waals surface area contributed by atoms with E-state index in [4.69, 9.17) is 0 Å². The van der Waals surface area contributed by atoms with Gasteiger partial charge in [-0.3, -0.25) is 14.6 Å². The van der Waals surface area contributed by atoms with E-state index >= 15 is 0 Å². The summed E-state index contributed by atoms with van der Waals surface area (Å²) < 4.78 is 0. The zero-order valence-electron chi connectivity index (χ0n) is 17.3. The molecule has 1 aromatic carbocycles. The molecule has 0 unspecified atom stereocenters. The number of nitrogens with one attached hydrogen (secondary N) is 1. The highest BCUT2D eigenvalue weighted by Crippen LogP contribution is 2.33. The van der Waals surface area contributed by atoms with Gasteiger partial charge in [0.2, 0.25) is 11.6 Å². The number of phenols is 1. The van der Waals surface area contributed by atoms with Crippen LogP contribution in [0.4, 0.5) is 0 Å². The highest BCUT2D eigenvalue weighted by Gasteiger charge is 2.34. The number of carbonyl (C=O) groups excluding carboxylic acids is 2. The van der Waals surface area contributed by atoms with Gasteiger partial charge in [0.1, 0.15) is 5.75 Å². The topological polar surface area (TPSA) is 94.4 Å². The third-order valence-corrected chi connectivity index (χ3v) is 5.46. The average molecular weight is 404 g/mol. The number of carbonyl (C=O) groups is 2. The summed E-state index contributed by atoms with van der Waals surface area (Å²) in [6.07, 6.45) is 5.91. The van der Waals surface area contributed by atoms with Gasteiger partial charge in [0, 0.05) is 23.5 Å². The van der Waals surface area contributed by atoms with Gasteiger partial charge >= 0.3 is 0 Å². The molecule has 2 N–H and O–H groups in total. The largest absolute Gasteiger partial charge is 0.507 e. The second kappa shape index (κ2) is 7.93. The normalized spacial score (nSPS) is 19.2. The Balaban J connectivity index is 1.90. The third kappa shape index (κ3) is 3.36. The summed E-state index contributed by atoms with van der Waals surface area (Å²) in [5.41, 5.74) is 3.74. The van der Waals surface area contributed by atoms with Gasteiger partial charge in [0.25, 0.3) is 0 Å². The molecule has 2 aliphatic heterocycles. The number of hydrogen-bond donors (Lipinski definition) is 2. The molecule has 0 amide bonds. The predicted octanol–water partition coefficient (Wildman–Crippen LogP) is 0.495. The maximum Gasteiger partial charge on any atom is 0.235 e. The molecule has 154 valence electrons. The average Bonchev–Trinajstić information content (AvgIpc) is 3.30. The van der Waals surface area contributed by atoms with Gasteiger partial charge in [-0.2, -0.15) is 0 Å². The second-order valence-electron chi connectivity index (χ2n) is 7.77. The molecule has 0 atom stereocenters. The molecular weight excluding hydrogens is 380 g/mol. The molecule has 0 bridgehead atoms. The molecule has 1 aromatic rings. The van der Waals surface area contributed by atoms with E-state index in [1.807, 2.05) is 27.2 Å². The number of ketones is 2. The number of nitrogens with zero attached hydrogens (tertiary/aromatic N) is 3. The van der Waals surface area contributed by atoms with Gasteiger partial charge in [0.15, 0.2) is 0 Å². The van der Waals surface area contributed by atoms with Crippen molar-refractivity contribution in [2.75, 3.05) is 34.2 Å². The Morgan fingerprint density at radius 2 is 1.93 bits per heavy atom. The van der Waals surface area contributed by atoms with Crippen molar-refractivity contribution in [2.24, 2.45) is 9.98 Å². The standard InChI is InChI=1S/C23H24N4O3/c1-24-10-8-14-20-17(6-7-18(28)23(20)30)26-21(14)15-4-5-16-19(22(15)29)13(12-25-16)9-11-27(2)3/h4-7,12,24,29H,8-11H2,1-3H3. The molecule has 0 saturated heterocycles. The number of phenolic OH excluding ortho intramolecular Hbond substituents is 1. The van der Waals surface area contributed by atoms with E-state index in [0.717, 1.165) is 23.9 Å². The number of hydrogen-bond acceptors (Lipinski definition) is 7. The maximum absolute atomic E-state index is 12.6. The lowest BCUT2D eigenvalue weighted by Crippen LogP contribution is -2.24. The van der Waals surface area contributed by atoms with Crippen LogP contribution in [0.15, 0.2) is 51.6 Å². The summed E-state index contributed by atoms with van der Waals surface area (Å²) in [4.78, 5) is 35.7. The van der Waals surface area contributed by atoms with Crippen molar-refractivity contribution in [3.63, 3.8) is 0 Å². The van der Waals surface area contributed by atoms with E-state index < -0.39 is 11.6 Å². The molecule has 7 nitrogen and oxygen atoms in total. The number of allylic oxidation sites excluding steroid dienone is 3. The fourth-order valence-corrected chi connectivity index (χ4v) is 3.90. The fraction of sp³-hybridized carbons (Fsp3) is 0.304. The van der Waals surface area contributed by atoms with E-state index in [0.29, 0.717) is 46.3 Å². The molecule has 3 aliphatic rings. The first kappa shape index (κ1) is 20.1. The highest BCUT2D eigenvalue weighted by molar-refractivity contribution is 6.58. The number of Topliss-reactive ketones (excluding diaryl/α,β-unsaturated/α-hetero) is 1. The fourth-order valence-electron chi connectivity index (χ4n) is 3.90. The van der Waals surface area contributed by atoms with E-state index in [9.17, 15) is 14.7 Å². The van der Waals surface area contributed by atoms with Crippen molar-refractivity contribution in [1.29, 1.82) is 0 Å².